The Kier molecular flexibility index (Phi) is 5.10. The number of pyridine rings is 1. The number of rotatable bonds is 7. The molecule has 0 bridgehead atoms. The van der Waals surface area contributed by atoms with Crippen molar-refractivity contribution in [3.63, 3.8) is 0 Å². The molecule has 1 aromatic carbocycles. The van der Waals surface area contributed by atoms with Gasteiger partial charge in [-0.15, -0.1) is 0 Å². The Morgan fingerprint density at radius 2 is 1.76 bits per heavy atom. The largest absolute Gasteiger partial charge is 0.464 e. The van der Waals surface area contributed by atoms with Crippen molar-refractivity contribution in [3.05, 3.63) is 65.7 Å². The molecule has 3 heterocycles. The van der Waals surface area contributed by atoms with Crippen molar-refractivity contribution in [2.24, 2.45) is 0 Å². The Labute approximate surface area is 165 Å². The molecule has 29 heavy (non-hydrogen) atoms. The lowest BCUT2D eigenvalue weighted by molar-refractivity contribution is -0.143. The zero-order valence-electron chi connectivity index (χ0n) is 15.3. The zero-order valence-corrected chi connectivity index (χ0v) is 15.3. The SMILES string of the molecule is O=C(CCc1nc(-c2ccccn2)no1)OCCN1C(=O)c2ccccc2C1=O. The van der Waals surface area contributed by atoms with Gasteiger partial charge in [-0.05, 0) is 24.3 Å². The van der Waals surface area contributed by atoms with Crippen LogP contribution in [0.5, 0.6) is 0 Å². The number of carbonyl (C=O) groups excluding carboxylic acids is 3. The van der Waals surface area contributed by atoms with Crippen LogP contribution in [0.25, 0.3) is 11.5 Å². The standard InChI is InChI=1S/C20H16N4O5/c25-17(9-8-16-22-18(23-29-16)15-7-3-4-10-21-15)28-12-11-24-19(26)13-5-1-2-6-14(13)20(24)27/h1-7,10H,8-9,11-12H2. The molecule has 0 saturated heterocycles. The van der Waals surface area contributed by atoms with E-state index in [1.54, 1.807) is 42.6 Å². The van der Waals surface area contributed by atoms with E-state index in [1.165, 1.54) is 0 Å². The predicted octanol–water partition coefficient (Wildman–Crippen LogP) is 1.90. The maximum atomic E-state index is 12.2. The first-order valence-electron chi connectivity index (χ1n) is 8.98. The monoisotopic (exact) mass is 392 g/mol. The summed E-state index contributed by atoms with van der Waals surface area (Å²) in [5.74, 6) is -0.606. The molecule has 0 N–H and O–H groups in total. The van der Waals surface area contributed by atoms with Crippen molar-refractivity contribution in [1.82, 2.24) is 20.0 Å². The van der Waals surface area contributed by atoms with Crippen LogP contribution in [0.1, 0.15) is 33.0 Å². The van der Waals surface area contributed by atoms with E-state index < -0.39 is 5.97 Å². The highest BCUT2D eigenvalue weighted by atomic mass is 16.5. The minimum absolute atomic E-state index is 0.00245. The van der Waals surface area contributed by atoms with E-state index in [9.17, 15) is 14.4 Å². The molecular weight excluding hydrogens is 376 g/mol. The van der Waals surface area contributed by atoms with E-state index >= 15 is 0 Å². The van der Waals surface area contributed by atoms with Gasteiger partial charge in [0.05, 0.1) is 24.1 Å². The Morgan fingerprint density at radius 3 is 2.45 bits per heavy atom. The van der Waals surface area contributed by atoms with Crippen molar-refractivity contribution in [3.8, 4) is 11.5 Å². The van der Waals surface area contributed by atoms with Gasteiger partial charge >= 0.3 is 5.97 Å². The van der Waals surface area contributed by atoms with E-state index in [4.69, 9.17) is 9.26 Å². The van der Waals surface area contributed by atoms with E-state index in [-0.39, 0.29) is 37.8 Å². The fourth-order valence-corrected chi connectivity index (χ4v) is 2.93. The molecule has 0 aliphatic carbocycles. The molecule has 1 aliphatic heterocycles. The lowest BCUT2D eigenvalue weighted by atomic mass is 10.1. The maximum Gasteiger partial charge on any atom is 0.306 e. The number of aryl methyl sites for hydroxylation is 1. The van der Waals surface area contributed by atoms with E-state index in [0.29, 0.717) is 28.5 Å². The Bertz CT molecular complexity index is 1030. The molecule has 0 radical (unpaired) electrons. The summed E-state index contributed by atoms with van der Waals surface area (Å²) in [7, 11) is 0. The molecule has 0 fully saturated rings. The van der Waals surface area contributed by atoms with Crippen LogP contribution >= 0.6 is 0 Å². The molecule has 9 heteroatoms. The number of hydrogen-bond donors (Lipinski definition) is 0. The number of nitrogens with zero attached hydrogens (tertiary/aromatic N) is 4. The fourth-order valence-electron chi connectivity index (χ4n) is 2.93. The molecule has 0 unspecified atom stereocenters. The highest BCUT2D eigenvalue weighted by molar-refractivity contribution is 6.21. The van der Waals surface area contributed by atoms with Gasteiger partial charge < -0.3 is 9.26 Å². The first-order chi connectivity index (χ1) is 14.1. The number of ether oxygens (including phenoxy) is 1. The van der Waals surface area contributed by atoms with Crippen LogP contribution in [0.3, 0.4) is 0 Å². The molecule has 146 valence electrons. The second kappa shape index (κ2) is 8.01. The van der Waals surface area contributed by atoms with Crippen molar-refractivity contribution in [1.29, 1.82) is 0 Å². The van der Waals surface area contributed by atoms with Crippen LogP contribution in [-0.4, -0.2) is 51.0 Å². The Balaban J connectivity index is 1.24. The number of imide groups is 1. The van der Waals surface area contributed by atoms with Gasteiger partial charge in [0.15, 0.2) is 0 Å². The van der Waals surface area contributed by atoms with E-state index in [0.717, 1.165) is 4.90 Å². The second-order valence-corrected chi connectivity index (χ2v) is 6.25. The van der Waals surface area contributed by atoms with Gasteiger partial charge in [0, 0.05) is 12.6 Å². The highest BCUT2D eigenvalue weighted by Crippen LogP contribution is 2.22. The third-order valence-electron chi connectivity index (χ3n) is 4.36. The van der Waals surface area contributed by atoms with Crippen LogP contribution in [0.2, 0.25) is 0 Å². The number of carbonyl (C=O) groups is 3. The van der Waals surface area contributed by atoms with Gasteiger partial charge in [0.1, 0.15) is 12.3 Å². The summed E-state index contributed by atoms with van der Waals surface area (Å²) in [6.45, 7) is -0.0736. The molecule has 9 nitrogen and oxygen atoms in total. The number of fused-ring (bicyclic) bond motifs is 1. The lowest BCUT2D eigenvalue weighted by Gasteiger charge is -2.13. The van der Waals surface area contributed by atoms with Crippen molar-refractivity contribution in [2.75, 3.05) is 13.2 Å². The average Bonchev–Trinajstić information content (AvgIpc) is 3.32. The normalized spacial score (nSPS) is 12.9. The summed E-state index contributed by atoms with van der Waals surface area (Å²) in [5.41, 5.74) is 1.30. The highest BCUT2D eigenvalue weighted by Gasteiger charge is 2.34. The van der Waals surface area contributed by atoms with Gasteiger partial charge in [-0.25, -0.2) is 0 Å². The van der Waals surface area contributed by atoms with Crippen LogP contribution < -0.4 is 0 Å². The molecular formula is C20H16N4O5. The van der Waals surface area contributed by atoms with Crippen LogP contribution in [0, 0.1) is 0 Å². The van der Waals surface area contributed by atoms with E-state index in [2.05, 4.69) is 15.1 Å². The summed E-state index contributed by atoms with van der Waals surface area (Å²) < 4.78 is 10.2. The summed E-state index contributed by atoms with van der Waals surface area (Å²) in [5, 5.41) is 3.83. The first kappa shape index (κ1) is 18.5. The van der Waals surface area contributed by atoms with Crippen molar-refractivity contribution >= 4 is 17.8 Å². The van der Waals surface area contributed by atoms with Gasteiger partial charge in [-0.2, -0.15) is 4.98 Å². The summed E-state index contributed by atoms with van der Waals surface area (Å²) in [6.07, 6.45) is 1.87. The van der Waals surface area contributed by atoms with Gasteiger partial charge in [0.2, 0.25) is 11.7 Å². The van der Waals surface area contributed by atoms with Crippen LogP contribution in [0.4, 0.5) is 0 Å². The molecule has 0 atom stereocenters. The summed E-state index contributed by atoms with van der Waals surface area (Å²) in [4.78, 5) is 45.8. The molecule has 3 aromatic rings. The quantitative estimate of drug-likeness (QED) is 0.442. The number of hydrogen-bond acceptors (Lipinski definition) is 8. The lowest BCUT2D eigenvalue weighted by Crippen LogP contribution is -2.33. The van der Waals surface area contributed by atoms with Crippen molar-refractivity contribution < 1.29 is 23.6 Å². The predicted molar refractivity (Wildman–Crippen MR) is 98.6 cm³/mol. The molecule has 4 rings (SSSR count). The van der Waals surface area contributed by atoms with Crippen molar-refractivity contribution in [2.45, 2.75) is 12.8 Å². The van der Waals surface area contributed by atoms with Gasteiger partial charge in [0.25, 0.3) is 11.8 Å². The first-order valence-corrected chi connectivity index (χ1v) is 8.98. The number of amides is 2. The third kappa shape index (κ3) is 3.88. The number of benzene rings is 1. The zero-order chi connectivity index (χ0) is 20.2. The smallest absolute Gasteiger partial charge is 0.306 e. The molecule has 1 aliphatic rings. The minimum Gasteiger partial charge on any atom is -0.464 e. The maximum absolute atomic E-state index is 12.2. The summed E-state index contributed by atoms with van der Waals surface area (Å²) >= 11 is 0. The molecule has 0 saturated carbocycles. The number of aromatic nitrogens is 3. The number of esters is 1. The topological polar surface area (TPSA) is 115 Å². The fraction of sp³-hybridized carbons (Fsp3) is 0.200. The Morgan fingerprint density at radius 1 is 1.03 bits per heavy atom. The minimum atomic E-state index is -0.487. The van der Waals surface area contributed by atoms with Gasteiger partial charge in [-0.1, -0.05) is 23.4 Å². The van der Waals surface area contributed by atoms with Gasteiger partial charge in [-0.3, -0.25) is 24.3 Å². The average molecular weight is 392 g/mol. The third-order valence-corrected chi connectivity index (χ3v) is 4.36. The molecule has 2 aromatic heterocycles. The Hall–Kier alpha value is -3.88. The molecule has 2 amide bonds. The van der Waals surface area contributed by atoms with Crippen LogP contribution in [-0.2, 0) is 16.0 Å². The van der Waals surface area contributed by atoms with E-state index in [1.807, 2.05) is 6.07 Å². The summed E-state index contributed by atoms with van der Waals surface area (Å²) in [6, 6.07) is 11.9. The molecule has 0 spiro atoms. The second-order valence-electron chi connectivity index (χ2n) is 6.25. The van der Waals surface area contributed by atoms with Crippen LogP contribution in [0.15, 0.2) is 53.2 Å².